The van der Waals surface area contributed by atoms with Crippen molar-refractivity contribution in [1.82, 2.24) is 5.32 Å². The van der Waals surface area contributed by atoms with E-state index in [0.717, 1.165) is 42.2 Å². The lowest BCUT2D eigenvalue weighted by Crippen LogP contribution is -2.57. The Morgan fingerprint density at radius 3 is 2.72 bits per heavy atom. The van der Waals surface area contributed by atoms with E-state index in [1.807, 2.05) is 13.0 Å². The molecule has 0 spiro atoms. The summed E-state index contributed by atoms with van der Waals surface area (Å²) in [5.41, 5.74) is 3.07. The summed E-state index contributed by atoms with van der Waals surface area (Å²) in [6.07, 6.45) is 6.28. The second-order valence-corrected chi connectivity index (χ2v) is 8.53. The van der Waals surface area contributed by atoms with E-state index in [1.165, 1.54) is 11.6 Å². The van der Waals surface area contributed by atoms with E-state index in [2.05, 4.69) is 43.1 Å². The molecule has 0 saturated carbocycles. The third kappa shape index (κ3) is 10.6. The summed E-state index contributed by atoms with van der Waals surface area (Å²) in [6.45, 7) is 7.98. The number of esters is 1. The summed E-state index contributed by atoms with van der Waals surface area (Å²) in [6, 6.07) is 10.0. The molecule has 1 aliphatic heterocycles. The van der Waals surface area contributed by atoms with Crippen LogP contribution in [0.1, 0.15) is 45.1 Å². The maximum Gasteiger partial charge on any atom is 0.330 e. The Balaban J connectivity index is 0.000000533. The van der Waals surface area contributed by atoms with Gasteiger partial charge in [-0.3, -0.25) is 4.79 Å². The number of ether oxygens (including phenoxy) is 2. The van der Waals surface area contributed by atoms with Crippen molar-refractivity contribution >= 4 is 23.3 Å². The number of carbonyl (C=O) groups is 2. The minimum absolute atomic E-state index is 0.170. The lowest BCUT2D eigenvalue weighted by Gasteiger charge is -2.41. The zero-order chi connectivity index (χ0) is 23.8. The summed E-state index contributed by atoms with van der Waals surface area (Å²) in [7, 11) is 1.69. The molecular weight excluding hydrogens is 426 g/mol. The average molecular weight is 464 g/mol. The Bertz CT molecular complexity index is 724. The fraction of sp³-hybridized carbons (Fsp3) is 0.520. The van der Waals surface area contributed by atoms with Gasteiger partial charge in [-0.2, -0.15) is 0 Å². The predicted octanol–water partition coefficient (Wildman–Crippen LogP) is 4.07. The highest BCUT2D eigenvalue weighted by Crippen LogP contribution is 2.29. The van der Waals surface area contributed by atoms with E-state index in [0.29, 0.717) is 12.2 Å². The number of allylic oxidation sites excluding steroid dienone is 2. The number of aryl methyl sites for hydroxylation is 1. The first-order chi connectivity index (χ1) is 15.4. The third-order valence-electron chi connectivity index (χ3n) is 5.18. The number of rotatable bonds is 11. The number of likely N-dealkylation sites (N-methyl/N-ethyl adjacent to an activating group) is 1. The van der Waals surface area contributed by atoms with E-state index in [-0.39, 0.29) is 13.0 Å². The summed E-state index contributed by atoms with van der Waals surface area (Å²) < 4.78 is 11.0. The molecule has 1 aliphatic rings. The van der Waals surface area contributed by atoms with Crippen LogP contribution in [0.4, 0.5) is 0 Å². The van der Waals surface area contributed by atoms with Gasteiger partial charge in [0, 0.05) is 24.7 Å². The summed E-state index contributed by atoms with van der Waals surface area (Å²) >= 11 is 1.06. The first-order valence-electron chi connectivity index (χ1n) is 11.0. The molecule has 3 atom stereocenters. The number of nitrogens with one attached hydrogen (secondary N) is 1. The van der Waals surface area contributed by atoms with Gasteiger partial charge in [-0.15, -0.1) is 6.58 Å². The number of carbonyl (C=O) groups excluding carboxylic acids is 2. The summed E-state index contributed by atoms with van der Waals surface area (Å²) in [5.74, 6) is -1.50. The molecule has 1 aromatic carbocycles. The Morgan fingerprint density at radius 1 is 1.44 bits per heavy atom. The highest BCUT2D eigenvalue weighted by molar-refractivity contribution is 8.11. The first-order valence-corrected chi connectivity index (χ1v) is 12.0. The second kappa shape index (κ2) is 15.8. The number of hydrogen-bond acceptors (Lipinski definition) is 7. The summed E-state index contributed by atoms with van der Waals surface area (Å²) in [5, 5.41) is 13.7. The van der Waals surface area contributed by atoms with Crippen molar-refractivity contribution in [2.45, 2.75) is 63.9 Å². The van der Waals surface area contributed by atoms with Crippen LogP contribution >= 0.6 is 11.8 Å². The van der Waals surface area contributed by atoms with Gasteiger partial charge in [0.25, 0.3) is 0 Å². The molecule has 32 heavy (non-hydrogen) atoms. The largest absolute Gasteiger partial charge is 0.459 e. The highest BCUT2D eigenvalue weighted by Gasteiger charge is 2.43. The number of aliphatic hydroxyl groups is 1. The van der Waals surface area contributed by atoms with Gasteiger partial charge in [0.2, 0.25) is 0 Å². The van der Waals surface area contributed by atoms with Crippen LogP contribution < -0.4 is 5.32 Å². The number of thioether (sulfide) groups is 1. The Kier molecular flexibility index (Phi) is 13.9. The van der Waals surface area contributed by atoms with Crippen LogP contribution in [0, 0.1) is 0 Å². The Labute approximate surface area is 196 Å². The summed E-state index contributed by atoms with van der Waals surface area (Å²) in [4.78, 5) is 22.5. The van der Waals surface area contributed by atoms with E-state index < -0.39 is 23.9 Å². The zero-order valence-corrected chi connectivity index (χ0v) is 20.2. The number of hydrogen-bond donors (Lipinski definition) is 2. The van der Waals surface area contributed by atoms with Gasteiger partial charge in [-0.25, -0.2) is 4.79 Å². The highest BCUT2D eigenvalue weighted by atomic mass is 32.2. The van der Waals surface area contributed by atoms with Crippen LogP contribution in [-0.2, 0) is 25.5 Å². The molecule has 0 bridgehead atoms. The molecule has 2 N–H and O–H groups in total. The molecule has 1 fully saturated rings. The quantitative estimate of drug-likeness (QED) is 0.221. The molecule has 0 aliphatic carbocycles. The topological polar surface area (TPSA) is 84.9 Å². The fourth-order valence-corrected chi connectivity index (χ4v) is 3.99. The predicted molar refractivity (Wildman–Crippen MR) is 131 cm³/mol. The second-order valence-electron chi connectivity index (χ2n) is 7.67. The van der Waals surface area contributed by atoms with Gasteiger partial charge in [-0.05, 0) is 38.8 Å². The maximum absolute atomic E-state index is 12.0. The van der Waals surface area contributed by atoms with Crippen LogP contribution in [0.25, 0.3) is 0 Å². The van der Waals surface area contributed by atoms with Gasteiger partial charge in [0.1, 0.15) is 6.10 Å². The standard InChI is InChI=1S/C17H27NO5S.C8H10/c1-4-5-6-13(2)9-16(20)23-14-7-8-22-17(21,10-14)15(18-3)11-24-12-19;1-2-8-6-4-3-5-7-8/h4,9,12,14-15,18,21H,1,5-8,10-11H2,2-3H3;3-7H,2H2,1H3/b13-9-;. The smallest absolute Gasteiger partial charge is 0.330 e. The fourth-order valence-electron chi connectivity index (χ4n) is 3.29. The molecule has 3 unspecified atom stereocenters. The molecule has 1 aromatic rings. The third-order valence-corrected chi connectivity index (χ3v) is 5.84. The Morgan fingerprint density at radius 2 is 2.16 bits per heavy atom. The van der Waals surface area contributed by atoms with E-state index in [4.69, 9.17) is 9.47 Å². The van der Waals surface area contributed by atoms with Gasteiger partial charge < -0.3 is 19.9 Å². The van der Waals surface area contributed by atoms with Gasteiger partial charge in [-0.1, -0.05) is 60.7 Å². The van der Waals surface area contributed by atoms with Crippen molar-refractivity contribution in [3.8, 4) is 0 Å². The lowest BCUT2D eigenvalue weighted by atomic mass is 9.96. The SMILES string of the molecule is C=CCC/C(C)=C\C(=O)OC1CCOC(O)(C(CSC=O)NC)C1.CCc1ccccc1. The van der Waals surface area contributed by atoms with Crippen molar-refractivity contribution in [3.05, 3.63) is 60.2 Å². The van der Waals surface area contributed by atoms with Gasteiger partial charge in [0.05, 0.1) is 12.6 Å². The van der Waals surface area contributed by atoms with Gasteiger partial charge in [0.15, 0.2) is 11.4 Å². The Hall–Kier alpha value is -1.93. The minimum Gasteiger partial charge on any atom is -0.459 e. The first kappa shape index (κ1) is 28.1. The van der Waals surface area contributed by atoms with Crippen molar-refractivity contribution in [1.29, 1.82) is 0 Å². The molecule has 1 heterocycles. The van der Waals surface area contributed by atoms with Crippen LogP contribution in [0.5, 0.6) is 0 Å². The minimum atomic E-state index is -1.46. The van der Waals surface area contributed by atoms with Crippen molar-refractivity contribution in [2.75, 3.05) is 19.4 Å². The normalized spacial score (nSPS) is 21.6. The molecule has 0 radical (unpaired) electrons. The molecule has 1 saturated heterocycles. The monoisotopic (exact) mass is 463 g/mol. The average Bonchev–Trinajstić information content (AvgIpc) is 2.79. The van der Waals surface area contributed by atoms with Gasteiger partial charge >= 0.3 is 5.97 Å². The van der Waals surface area contributed by atoms with Crippen molar-refractivity contribution in [2.24, 2.45) is 0 Å². The molecule has 0 aromatic heterocycles. The maximum atomic E-state index is 12.0. The molecule has 178 valence electrons. The van der Waals surface area contributed by atoms with Crippen LogP contribution in [0.15, 0.2) is 54.6 Å². The zero-order valence-electron chi connectivity index (χ0n) is 19.4. The van der Waals surface area contributed by atoms with Crippen molar-refractivity contribution in [3.63, 3.8) is 0 Å². The van der Waals surface area contributed by atoms with E-state index >= 15 is 0 Å². The molecule has 6 nitrogen and oxygen atoms in total. The van der Waals surface area contributed by atoms with Crippen molar-refractivity contribution < 1.29 is 24.2 Å². The molecule has 0 amide bonds. The van der Waals surface area contributed by atoms with Crippen LogP contribution in [0.2, 0.25) is 0 Å². The molecule has 7 heteroatoms. The molecular formula is C25H37NO5S. The number of benzene rings is 1. The van der Waals surface area contributed by atoms with E-state index in [1.54, 1.807) is 13.1 Å². The van der Waals surface area contributed by atoms with E-state index in [9.17, 15) is 14.7 Å². The van der Waals surface area contributed by atoms with Crippen LogP contribution in [-0.4, -0.2) is 54.0 Å². The molecule has 2 rings (SSSR count). The lowest BCUT2D eigenvalue weighted by molar-refractivity contribution is -0.257. The van der Waals surface area contributed by atoms with Crippen LogP contribution in [0.3, 0.4) is 0 Å².